The van der Waals surface area contributed by atoms with Crippen LogP contribution in [0.4, 0.5) is 15.8 Å². The van der Waals surface area contributed by atoms with Crippen LogP contribution in [0.25, 0.3) is 0 Å². The third-order valence-electron chi connectivity index (χ3n) is 4.52. The van der Waals surface area contributed by atoms with Gasteiger partial charge in [-0.15, -0.1) is 0 Å². The number of amides is 2. The second-order valence-corrected chi connectivity index (χ2v) is 7.57. The van der Waals surface area contributed by atoms with E-state index in [4.69, 9.17) is 0 Å². The number of hydrogen-bond donors (Lipinski definition) is 1. The fourth-order valence-electron chi connectivity index (χ4n) is 3.06. The van der Waals surface area contributed by atoms with E-state index < -0.39 is 5.82 Å². The number of nitrogens with zero attached hydrogens (tertiary/aromatic N) is 2. The first-order chi connectivity index (χ1) is 13.8. The van der Waals surface area contributed by atoms with Gasteiger partial charge in [0.2, 0.25) is 5.91 Å². The molecule has 0 radical (unpaired) electrons. The van der Waals surface area contributed by atoms with Crippen LogP contribution in [0.15, 0.2) is 48.5 Å². The lowest BCUT2D eigenvalue weighted by Crippen LogP contribution is -2.35. The molecule has 0 aliphatic heterocycles. The van der Waals surface area contributed by atoms with Gasteiger partial charge in [-0.2, -0.15) is 0 Å². The number of benzene rings is 2. The Morgan fingerprint density at radius 1 is 1.07 bits per heavy atom. The maximum absolute atomic E-state index is 14.2. The van der Waals surface area contributed by atoms with Crippen molar-refractivity contribution in [3.63, 3.8) is 0 Å². The van der Waals surface area contributed by atoms with Crippen molar-refractivity contribution in [3.8, 4) is 0 Å². The highest BCUT2D eigenvalue weighted by atomic mass is 19.1. The summed E-state index contributed by atoms with van der Waals surface area (Å²) in [6.45, 7) is 7.42. The normalized spacial score (nSPS) is 10.7. The summed E-state index contributed by atoms with van der Waals surface area (Å²) in [4.78, 5) is 27.8. The summed E-state index contributed by atoms with van der Waals surface area (Å²) in [7, 11) is 1.97. The summed E-state index contributed by atoms with van der Waals surface area (Å²) in [6, 6.07) is 13.8. The first-order valence-electron chi connectivity index (χ1n) is 9.91. The summed E-state index contributed by atoms with van der Waals surface area (Å²) in [5, 5.41) is 2.79. The van der Waals surface area contributed by atoms with Crippen molar-refractivity contribution in [1.82, 2.24) is 5.32 Å². The molecule has 0 heterocycles. The van der Waals surface area contributed by atoms with Gasteiger partial charge >= 0.3 is 0 Å². The van der Waals surface area contributed by atoms with Gasteiger partial charge in [-0.05, 0) is 42.7 Å². The predicted octanol–water partition coefficient (Wildman–Crippen LogP) is 4.09. The van der Waals surface area contributed by atoms with E-state index in [1.54, 1.807) is 17.0 Å². The molecule has 0 saturated heterocycles. The third kappa shape index (κ3) is 6.59. The van der Waals surface area contributed by atoms with Crippen LogP contribution in [0.1, 0.15) is 37.6 Å². The van der Waals surface area contributed by atoms with Gasteiger partial charge in [0.1, 0.15) is 5.82 Å². The molecule has 1 N–H and O–H groups in total. The second-order valence-electron chi connectivity index (χ2n) is 7.57. The fraction of sp³-hybridized carbons (Fsp3) is 0.391. The Bertz CT molecular complexity index is 838. The van der Waals surface area contributed by atoms with Crippen molar-refractivity contribution in [1.29, 1.82) is 0 Å². The summed E-state index contributed by atoms with van der Waals surface area (Å²) in [5.74, 6) is -0.671. The summed E-state index contributed by atoms with van der Waals surface area (Å²) in [6.07, 6.45) is 0.810. The van der Waals surface area contributed by atoms with Crippen LogP contribution in [0.3, 0.4) is 0 Å². The molecule has 6 heteroatoms. The van der Waals surface area contributed by atoms with Crippen molar-refractivity contribution in [2.45, 2.75) is 27.2 Å². The Morgan fingerprint density at radius 3 is 2.41 bits per heavy atom. The highest BCUT2D eigenvalue weighted by molar-refractivity contribution is 6.06. The minimum absolute atomic E-state index is 0.0364. The van der Waals surface area contributed by atoms with Gasteiger partial charge in [0.25, 0.3) is 5.91 Å². The maximum atomic E-state index is 14.2. The van der Waals surface area contributed by atoms with E-state index in [9.17, 15) is 14.0 Å². The van der Waals surface area contributed by atoms with Gasteiger partial charge in [-0.3, -0.25) is 9.59 Å². The van der Waals surface area contributed by atoms with Gasteiger partial charge in [-0.1, -0.05) is 32.0 Å². The van der Waals surface area contributed by atoms with Crippen molar-refractivity contribution < 1.29 is 14.0 Å². The summed E-state index contributed by atoms with van der Waals surface area (Å²) in [5.41, 5.74) is 1.76. The Kier molecular flexibility index (Phi) is 8.19. The fourth-order valence-corrected chi connectivity index (χ4v) is 3.06. The molecule has 2 amide bonds. The molecule has 0 saturated carbocycles. The Hall–Kier alpha value is -2.89. The number of carbonyl (C=O) groups excluding carboxylic acids is 2. The third-order valence-corrected chi connectivity index (χ3v) is 4.52. The highest BCUT2D eigenvalue weighted by Crippen LogP contribution is 2.25. The van der Waals surface area contributed by atoms with E-state index >= 15 is 0 Å². The molecule has 2 aromatic carbocycles. The molecule has 29 heavy (non-hydrogen) atoms. The van der Waals surface area contributed by atoms with Crippen LogP contribution in [-0.2, 0) is 4.79 Å². The van der Waals surface area contributed by atoms with Gasteiger partial charge in [0, 0.05) is 45.0 Å². The zero-order valence-corrected chi connectivity index (χ0v) is 17.6. The molecule has 0 atom stereocenters. The lowest BCUT2D eigenvalue weighted by molar-refractivity contribution is -0.118. The van der Waals surface area contributed by atoms with Crippen LogP contribution in [0, 0.1) is 11.7 Å². The van der Waals surface area contributed by atoms with E-state index in [0.29, 0.717) is 13.1 Å². The molecule has 0 aliphatic rings. The topological polar surface area (TPSA) is 52.7 Å². The average molecular weight is 400 g/mol. The van der Waals surface area contributed by atoms with Crippen molar-refractivity contribution in [2.75, 3.05) is 36.5 Å². The lowest BCUT2D eigenvalue weighted by Gasteiger charge is -2.27. The lowest BCUT2D eigenvalue weighted by atomic mass is 10.1. The van der Waals surface area contributed by atoms with Crippen LogP contribution >= 0.6 is 0 Å². The largest absolute Gasteiger partial charge is 0.374 e. The average Bonchev–Trinajstić information content (AvgIpc) is 2.69. The van der Waals surface area contributed by atoms with Gasteiger partial charge in [0.05, 0.1) is 5.56 Å². The standard InChI is InChI=1S/C23H30FN3O2/c1-17(2)16-27(23(29)21-11-5-6-12-22(21)24)20-10-7-9-19(15-20)26(4)14-8-13-25-18(3)28/h5-7,9-12,15,17H,8,13-14,16H2,1-4H3,(H,25,28). The van der Waals surface area contributed by atoms with Crippen molar-refractivity contribution in [2.24, 2.45) is 5.92 Å². The molecule has 5 nitrogen and oxygen atoms in total. The maximum Gasteiger partial charge on any atom is 0.261 e. The zero-order chi connectivity index (χ0) is 21.4. The molecule has 0 aliphatic carbocycles. The van der Waals surface area contributed by atoms with Gasteiger partial charge < -0.3 is 15.1 Å². The Labute approximate surface area is 172 Å². The van der Waals surface area contributed by atoms with Crippen molar-refractivity contribution in [3.05, 3.63) is 59.9 Å². The van der Waals surface area contributed by atoms with E-state index in [0.717, 1.165) is 24.3 Å². The number of rotatable bonds is 9. The first kappa shape index (κ1) is 22.4. The minimum Gasteiger partial charge on any atom is -0.374 e. The van der Waals surface area contributed by atoms with E-state index in [-0.39, 0.29) is 23.3 Å². The molecular weight excluding hydrogens is 369 g/mol. The summed E-state index contributed by atoms with van der Waals surface area (Å²) < 4.78 is 14.2. The van der Waals surface area contributed by atoms with Crippen LogP contribution < -0.4 is 15.1 Å². The molecule has 2 rings (SSSR count). The number of anilines is 2. The van der Waals surface area contributed by atoms with Gasteiger partial charge in [-0.25, -0.2) is 4.39 Å². The minimum atomic E-state index is -0.516. The second kappa shape index (κ2) is 10.6. The predicted molar refractivity (Wildman–Crippen MR) is 116 cm³/mol. The Balaban J connectivity index is 2.21. The van der Waals surface area contributed by atoms with E-state index in [1.807, 2.05) is 45.2 Å². The smallest absolute Gasteiger partial charge is 0.261 e. The highest BCUT2D eigenvalue weighted by Gasteiger charge is 2.22. The first-order valence-corrected chi connectivity index (χ1v) is 9.91. The molecule has 0 fully saturated rings. The summed E-state index contributed by atoms with van der Waals surface area (Å²) >= 11 is 0. The Morgan fingerprint density at radius 2 is 1.76 bits per heavy atom. The van der Waals surface area contributed by atoms with Gasteiger partial charge in [0.15, 0.2) is 0 Å². The number of nitrogens with one attached hydrogen (secondary N) is 1. The molecular formula is C23H30FN3O2. The molecule has 0 bridgehead atoms. The number of carbonyl (C=O) groups is 2. The zero-order valence-electron chi connectivity index (χ0n) is 17.6. The molecule has 2 aromatic rings. The van der Waals surface area contributed by atoms with E-state index in [2.05, 4.69) is 10.2 Å². The molecule has 0 spiro atoms. The molecule has 156 valence electrons. The van der Waals surface area contributed by atoms with Crippen LogP contribution in [0.5, 0.6) is 0 Å². The SMILES string of the molecule is CC(=O)NCCCN(C)c1cccc(N(CC(C)C)C(=O)c2ccccc2F)c1. The number of hydrogen-bond acceptors (Lipinski definition) is 3. The van der Waals surface area contributed by atoms with E-state index in [1.165, 1.54) is 19.1 Å². The monoisotopic (exact) mass is 399 g/mol. The van der Waals surface area contributed by atoms with Crippen LogP contribution in [0.2, 0.25) is 0 Å². The van der Waals surface area contributed by atoms with Crippen molar-refractivity contribution >= 4 is 23.2 Å². The molecule has 0 aromatic heterocycles. The number of halogens is 1. The quantitative estimate of drug-likeness (QED) is 0.646. The van der Waals surface area contributed by atoms with Crippen LogP contribution in [-0.4, -0.2) is 38.5 Å². The molecule has 0 unspecified atom stereocenters.